The summed E-state index contributed by atoms with van der Waals surface area (Å²) in [6.07, 6.45) is 4.37. The van der Waals surface area contributed by atoms with Crippen LogP contribution in [-0.2, 0) is 11.2 Å². The van der Waals surface area contributed by atoms with E-state index in [1.54, 1.807) is 20.2 Å². The highest BCUT2D eigenvalue weighted by molar-refractivity contribution is 5.84. The van der Waals surface area contributed by atoms with E-state index in [1.165, 1.54) is 0 Å². The molecular formula is C12H15N3O. The lowest BCUT2D eigenvalue weighted by Crippen LogP contribution is -2.34. The number of likely N-dealkylation sites (N-methyl/N-ethyl adjacent to an activating group) is 1. The van der Waals surface area contributed by atoms with Crippen LogP contribution in [0.5, 0.6) is 0 Å². The number of nitrogens with zero attached hydrogens (tertiary/aromatic N) is 1. The summed E-state index contributed by atoms with van der Waals surface area (Å²) in [7, 11) is 1.80. The van der Waals surface area contributed by atoms with Gasteiger partial charge in [-0.2, -0.15) is 0 Å². The Bertz CT molecular complexity index is 504. The molecule has 0 amide bonds. The van der Waals surface area contributed by atoms with E-state index >= 15 is 0 Å². The monoisotopic (exact) mass is 217 g/mol. The van der Waals surface area contributed by atoms with Crippen molar-refractivity contribution in [2.45, 2.75) is 19.4 Å². The zero-order chi connectivity index (χ0) is 11.5. The number of hydrogen-bond acceptors (Lipinski definition) is 3. The fourth-order valence-corrected chi connectivity index (χ4v) is 1.85. The number of carbonyl (C=O) groups is 1. The highest BCUT2D eigenvalue weighted by atomic mass is 16.1. The second-order valence-electron chi connectivity index (χ2n) is 3.87. The van der Waals surface area contributed by atoms with Crippen LogP contribution in [0, 0.1) is 0 Å². The molecular weight excluding hydrogens is 202 g/mol. The van der Waals surface area contributed by atoms with E-state index in [2.05, 4.69) is 15.3 Å². The Kier molecular flexibility index (Phi) is 3.01. The fourth-order valence-electron chi connectivity index (χ4n) is 1.85. The number of hydrogen-bond donors (Lipinski definition) is 2. The van der Waals surface area contributed by atoms with Crippen LogP contribution in [0.1, 0.15) is 12.5 Å². The van der Waals surface area contributed by atoms with E-state index < -0.39 is 0 Å². The van der Waals surface area contributed by atoms with Gasteiger partial charge in [0, 0.05) is 17.8 Å². The van der Waals surface area contributed by atoms with Gasteiger partial charge in [-0.05, 0) is 38.1 Å². The summed E-state index contributed by atoms with van der Waals surface area (Å²) in [5.41, 5.74) is 1.99. The van der Waals surface area contributed by atoms with Crippen LogP contribution in [0.4, 0.5) is 0 Å². The number of H-pyrrole nitrogens is 1. The molecule has 0 saturated heterocycles. The molecule has 84 valence electrons. The highest BCUT2D eigenvalue weighted by Crippen LogP contribution is 2.17. The molecule has 0 aliphatic heterocycles. The minimum absolute atomic E-state index is 0.126. The summed E-state index contributed by atoms with van der Waals surface area (Å²) in [6.45, 7) is 1.61. The van der Waals surface area contributed by atoms with E-state index in [0.29, 0.717) is 6.42 Å². The molecule has 4 heteroatoms. The van der Waals surface area contributed by atoms with E-state index in [-0.39, 0.29) is 11.8 Å². The van der Waals surface area contributed by atoms with E-state index in [4.69, 9.17) is 0 Å². The van der Waals surface area contributed by atoms with Crippen molar-refractivity contribution >= 4 is 16.8 Å². The Morgan fingerprint density at radius 1 is 1.62 bits per heavy atom. The first-order valence-electron chi connectivity index (χ1n) is 5.31. The van der Waals surface area contributed by atoms with Gasteiger partial charge >= 0.3 is 0 Å². The summed E-state index contributed by atoms with van der Waals surface area (Å²) >= 11 is 0. The van der Waals surface area contributed by atoms with Crippen LogP contribution in [0.25, 0.3) is 11.0 Å². The number of aromatic amines is 1. The lowest BCUT2D eigenvalue weighted by atomic mass is 10.0. The van der Waals surface area contributed by atoms with Crippen LogP contribution >= 0.6 is 0 Å². The van der Waals surface area contributed by atoms with Crippen molar-refractivity contribution in [1.29, 1.82) is 0 Å². The average molecular weight is 217 g/mol. The number of fused-ring (bicyclic) bond motifs is 1. The predicted octanol–water partition coefficient (Wildman–Crippen LogP) is 1.28. The molecule has 0 bridgehead atoms. The molecule has 2 heterocycles. The smallest absolute Gasteiger partial charge is 0.147 e. The quantitative estimate of drug-likeness (QED) is 0.811. The van der Waals surface area contributed by atoms with Gasteiger partial charge in [-0.1, -0.05) is 0 Å². The minimum atomic E-state index is -0.126. The van der Waals surface area contributed by atoms with Crippen molar-refractivity contribution in [2.75, 3.05) is 7.05 Å². The van der Waals surface area contributed by atoms with Crippen molar-refractivity contribution < 1.29 is 4.79 Å². The van der Waals surface area contributed by atoms with Gasteiger partial charge in [-0.3, -0.25) is 4.79 Å². The zero-order valence-electron chi connectivity index (χ0n) is 9.45. The van der Waals surface area contributed by atoms with Gasteiger partial charge in [0.1, 0.15) is 11.4 Å². The summed E-state index contributed by atoms with van der Waals surface area (Å²) < 4.78 is 0. The SMILES string of the molecule is CN[C@@H](Cc1c[nH]c2ncccc12)C(C)=O. The predicted molar refractivity (Wildman–Crippen MR) is 63.3 cm³/mol. The summed E-state index contributed by atoms with van der Waals surface area (Å²) in [5, 5.41) is 4.11. The fraction of sp³-hybridized carbons (Fsp3) is 0.333. The number of carbonyl (C=O) groups excluding carboxylic acids is 1. The first-order valence-corrected chi connectivity index (χ1v) is 5.31. The third-order valence-electron chi connectivity index (χ3n) is 2.80. The van der Waals surface area contributed by atoms with Gasteiger partial charge in [-0.25, -0.2) is 4.98 Å². The summed E-state index contributed by atoms with van der Waals surface area (Å²) in [6, 6.07) is 3.79. The lowest BCUT2D eigenvalue weighted by molar-refractivity contribution is -0.118. The van der Waals surface area contributed by atoms with Gasteiger partial charge in [0.05, 0.1) is 6.04 Å². The number of Topliss-reactive ketones (excluding diaryl/α,β-unsaturated/α-hetero) is 1. The molecule has 4 nitrogen and oxygen atoms in total. The number of aromatic nitrogens is 2. The Labute approximate surface area is 94.1 Å². The van der Waals surface area contributed by atoms with E-state index in [0.717, 1.165) is 16.6 Å². The standard InChI is InChI=1S/C12H15N3O/c1-8(16)11(13-2)6-9-7-15-12-10(9)4-3-5-14-12/h3-5,7,11,13H,6H2,1-2H3,(H,14,15)/t11-/m0/s1. The van der Waals surface area contributed by atoms with Crippen LogP contribution in [0.2, 0.25) is 0 Å². The third-order valence-corrected chi connectivity index (χ3v) is 2.80. The number of ketones is 1. The summed E-state index contributed by atoms with van der Waals surface area (Å²) in [5.74, 6) is 0.153. The normalized spacial score (nSPS) is 12.9. The molecule has 16 heavy (non-hydrogen) atoms. The Morgan fingerprint density at radius 2 is 2.44 bits per heavy atom. The Morgan fingerprint density at radius 3 is 3.12 bits per heavy atom. The number of nitrogens with one attached hydrogen (secondary N) is 2. The molecule has 0 aliphatic rings. The second kappa shape index (κ2) is 4.45. The molecule has 0 saturated carbocycles. The van der Waals surface area contributed by atoms with Crippen LogP contribution in [0.3, 0.4) is 0 Å². The van der Waals surface area contributed by atoms with Gasteiger partial charge in [-0.15, -0.1) is 0 Å². The highest BCUT2D eigenvalue weighted by Gasteiger charge is 2.14. The molecule has 0 fully saturated rings. The second-order valence-corrected chi connectivity index (χ2v) is 3.87. The first kappa shape index (κ1) is 10.8. The molecule has 0 aromatic carbocycles. The molecule has 0 spiro atoms. The third kappa shape index (κ3) is 1.97. The van der Waals surface area contributed by atoms with Crippen LogP contribution in [-0.4, -0.2) is 28.8 Å². The van der Waals surface area contributed by atoms with E-state index in [9.17, 15) is 4.79 Å². The van der Waals surface area contributed by atoms with Crippen molar-refractivity contribution in [2.24, 2.45) is 0 Å². The maximum absolute atomic E-state index is 11.3. The Balaban J connectivity index is 2.30. The van der Waals surface area contributed by atoms with Gasteiger partial charge in [0.2, 0.25) is 0 Å². The average Bonchev–Trinajstić information content (AvgIpc) is 2.69. The Hall–Kier alpha value is -1.68. The molecule has 0 aliphatic carbocycles. The largest absolute Gasteiger partial charge is 0.346 e. The number of rotatable bonds is 4. The minimum Gasteiger partial charge on any atom is -0.346 e. The topological polar surface area (TPSA) is 57.8 Å². The van der Waals surface area contributed by atoms with Gasteiger partial charge < -0.3 is 10.3 Å². The summed E-state index contributed by atoms with van der Waals surface area (Å²) in [4.78, 5) is 18.7. The first-order chi connectivity index (χ1) is 7.72. The van der Waals surface area contributed by atoms with Gasteiger partial charge in [0.25, 0.3) is 0 Å². The zero-order valence-corrected chi connectivity index (χ0v) is 9.45. The van der Waals surface area contributed by atoms with Crippen molar-refractivity contribution in [3.63, 3.8) is 0 Å². The van der Waals surface area contributed by atoms with Crippen molar-refractivity contribution in [3.8, 4) is 0 Å². The molecule has 2 rings (SSSR count). The van der Waals surface area contributed by atoms with E-state index in [1.807, 2.05) is 18.3 Å². The molecule has 2 aromatic heterocycles. The molecule has 2 aromatic rings. The lowest BCUT2D eigenvalue weighted by Gasteiger charge is -2.11. The maximum atomic E-state index is 11.3. The van der Waals surface area contributed by atoms with Crippen LogP contribution in [0.15, 0.2) is 24.5 Å². The molecule has 0 radical (unpaired) electrons. The maximum Gasteiger partial charge on any atom is 0.147 e. The van der Waals surface area contributed by atoms with Crippen molar-refractivity contribution in [3.05, 3.63) is 30.1 Å². The van der Waals surface area contributed by atoms with Gasteiger partial charge in [0.15, 0.2) is 0 Å². The molecule has 0 unspecified atom stereocenters. The molecule has 2 N–H and O–H groups in total. The number of pyridine rings is 1. The molecule has 1 atom stereocenters. The van der Waals surface area contributed by atoms with Crippen molar-refractivity contribution in [1.82, 2.24) is 15.3 Å². The van der Waals surface area contributed by atoms with Crippen LogP contribution < -0.4 is 5.32 Å².